The van der Waals surface area contributed by atoms with Gasteiger partial charge < -0.3 is 10.8 Å². The zero-order valence-corrected chi connectivity index (χ0v) is 11.9. The van der Waals surface area contributed by atoms with E-state index in [4.69, 9.17) is 10.8 Å². The third-order valence-electron chi connectivity index (χ3n) is 2.75. The van der Waals surface area contributed by atoms with Crippen molar-refractivity contribution >= 4 is 21.6 Å². The molecule has 1 aromatic carbocycles. The van der Waals surface area contributed by atoms with Crippen molar-refractivity contribution < 1.29 is 5.11 Å². The van der Waals surface area contributed by atoms with E-state index in [0.717, 1.165) is 29.7 Å². The van der Waals surface area contributed by atoms with Crippen LogP contribution in [0.4, 0.5) is 5.69 Å². The largest absolute Gasteiger partial charge is 0.398 e. The minimum absolute atomic E-state index is 0.198. The third kappa shape index (κ3) is 4.66. The van der Waals surface area contributed by atoms with Crippen molar-refractivity contribution in [3.8, 4) is 0 Å². The molecule has 0 bridgehead atoms. The van der Waals surface area contributed by atoms with Gasteiger partial charge >= 0.3 is 0 Å². The average molecular weight is 301 g/mol. The van der Waals surface area contributed by atoms with Crippen LogP contribution in [0.25, 0.3) is 0 Å². The van der Waals surface area contributed by atoms with Crippen molar-refractivity contribution in [1.82, 2.24) is 4.90 Å². The molecule has 96 valence electrons. The van der Waals surface area contributed by atoms with Crippen molar-refractivity contribution in [2.24, 2.45) is 0 Å². The number of unbranched alkanes of at least 4 members (excludes halogenated alkanes) is 1. The van der Waals surface area contributed by atoms with Crippen LogP contribution in [-0.4, -0.2) is 29.7 Å². The van der Waals surface area contributed by atoms with Gasteiger partial charge in [0.25, 0.3) is 0 Å². The molecule has 0 aliphatic rings. The highest BCUT2D eigenvalue weighted by Gasteiger charge is 2.08. The Labute approximate surface area is 112 Å². The van der Waals surface area contributed by atoms with E-state index >= 15 is 0 Å². The van der Waals surface area contributed by atoms with Gasteiger partial charge in [-0.05, 0) is 40.5 Å². The van der Waals surface area contributed by atoms with Gasteiger partial charge in [0.15, 0.2) is 0 Å². The van der Waals surface area contributed by atoms with Crippen LogP contribution < -0.4 is 5.73 Å². The molecule has 0 heterocycles. The van der Waals surface area contributed by atoms with Gasteiger partial charge in [-0.15, -0.1) is 0 Å². The average Bonchev–Trinajstić information content (AvgIpc) is 2.32. The maximum Gasteiger partial charge on any atom is 0.0558 e. The van der Waals surface area contributed by atoms with Gasteiger partial charge in [-0.1, -0.05) is 25.5 Å². The highest BCUT2D eigenvalue weighted by Crippen LogP contribution is 2.24. The fraction of sp³-hybridized carbons (Fsp3) is 0.538. The predicted octanol–water partition coefficient (Wildman–Crippen LogP) is 2.63. The van der Waals surface area contributed by atoms with Crippen molar-refractivity contribution in [2.75, 3.05) is 25.4 Å². The highest BCUT2D eigenvalue weighted by molar-refractivity contribution is 9.10. The first kappa shape index (κ1) is 14.5. The molecule has 0 aliphatic carbocycles. The summed E-state index contributed by atoms with van der Waals surface area (Å²) in [6, 6.07) is 5.92. The number of nitrogens with two attached hydrogens (primary N) is 1. The molecule has 0 unspecified atom stereocenters. The standard InChI is InChI=1S/C13H21BrN2O/c1-2-3-7-16(8-9-17)10-11-5-4-6-12(15)13(11)14/h4-6,17H,2-3,7-10,15H2,1H3. The number of nitrogens with zero attached hydrogens (tertiary/aromatic N) is 1. The summed E-state index contributed by atoms with van der Waals surface area (Å²) in [5.41, 5.74) is 7.80. The lowest BCUT2D eigenvalue weighted by Gasteiger charge is -2.22. The Balaban J connectivity index is 2.67. The Morgan fingerprint density at radius 1 is 1.35 bits per heavy atom. The predicted molar refractivity (Wildman–Crippen MR) is 75.8 cm³/mol. The van der Waals surface area contributed by atoms with E-state index in [1.54, 1.807) is 0 Å². The minimum atomic E-state index is 0.198. The van der Waals surface area contributed by atoms with E-state index in [2.05, 4.69) is 33.8 Å². The second kappa shape index (κ2) is 7.69. The maximum atomic E-state index is 9.06. The zero-order valence-electron chi connectivity index (χ0n) is 10.3. The van der Waals surface area contributed by atoms with Crippen LogP contribution in [0.5, 0.6) is 0 Å². The molecule has 3 nitrogen and oxygen atoms in total. The fourth-order valence-corrected chi connectivity index (χ4v) is 2.15. The van der Waals surface area contributed by atoms with E-state index in [9.17, 15) is 0 Å². The van der Waals surface area contributed by atoms with E-state index < -0.39 is 0 Å². The van der Waals surface area contributed by atoms with Crippen LogP contribution in [0.2, 0.25) is 0 Å². The monoisotopic (exact) mass is 300 g/mol. The Bertz CT molecular complexity index is 344. The van der Waals surface area contributed by atoms with Gasteiger partial charge in [-0.2, -0.15) is 0 Å². The van der Waals surface area contributed by atoms with Crippen molar-refractivity contribution in [2.45, 2.75) is 26.3 Å². The molecule has 0 saturated heterocycles. The quantitative estimate of drug-likeness (QED) is 0.761. The molecule has 4 heteroatoms. The molecule has 1 aromatic rings. The molecule has 0 radical (unpaired) electrons. The van der Waals surface area contributed by atoms with E-state index in [0.29, 0.717) is 6.54 Å². The van der Waals surface area contributed by atoms with Crippen LogP contribution in [-0.2, 0) is 6.54 Å². The normalized spacial score (nSPS) is 11.1. The summed E-state index contributed by atoms with van der Waals surface area (Å²) in [4.78, 5) is 2.25. The van der Waals surface area contributed by atoms with Crippen LogP contribution in [0, 0.1) is 0 Å². The zero-order chi connectivity index (χ0) is 12.7. The lowest BCUT2D eigenvalue weighted by molar-refractivity contribution is 0.188. The van der Waals surface area contributed by atoms with E-state index in [1.807, 2.05) is 12.1 Å². The molecule has 0 amide bonds. The number of aliphatic hydroxyl groups is 1. The van der Waals surface area contributed by atoms with Crippen molar-refractivity contribution in [3.05, 3.63) is 28.2 Å². The van der Waals surface area contributed by atoms with Crippen LogP contribution in [0.3, 0.4) is 0 Å². The Kier molecular flexibility index (Phi) is 6.55. The van der Waals surface area contributed by atoms with Gasteiger partial charge in [-0.25, -0.2) is 0 Å². The van der Waals surface area contributed by atoms with Crippen molar-refractivity contribution in [3.63, 3.8) is 0 Å². The third-order valence-corrected chi connectivity index (χ3v) is 3.71. The molecular formula is C13H21BrN2O. The first-order valence-corrected chi connectivity index (χ1v) is 6.84. The molecule has 0 aromatic heterocycles. The SMILES string of the molecule is CCCCN(CCO)Cc1cccc(N)c1Br. The number of anilines is 1. The number of halogens is 1. The maximum absolute atomic E-state index is 9.06. The number of hydrogen-bond acceptors (Lipinski definition) is 3. The number of benzene rings is 1. The van der Waals surface area contributed by atoms with Crippen molar-refractivity contribution in [1.29, 1.82) is 0 Å². The molecule has 0 saturated carbocycles. The Morgan fingerprint density at radius 3 is 2.76 bits per heavy atom. The molecule has 0 spiro atoms. The second-order valence-corrected chi connectivity index (χ2v) is 4.97. The van der Waals surface area contributed by atoms with E-state index in [1.165, 1.54) is 12.0 Å². The lowest BCUT2D eigenvalue weighted by atomic mass is 10.2. The minimum Gasteiger partial charge on any atom is -0.398 e. The molecule has 3 N–H and O–H groups in total. The number of nitrogen functional groups attached to an aromatic ring is 1. The topological polar surface area (TPSA) is 49.5 Å². The number of hydrogen-bond donors (Lipinski definition) is 2. The lowest BCUT2D eigenvalue weighted by Crippen LogP contribution is -2.27. The molecule has 0 fully saturated rings. The van der Waals surface area contributed by atoms with Gasteiger partial charge in [0.2, 0.25) is 0 Å². The van der Waals surface area contributed by atoms with Crippen LogP contribution >= 0.6 is 15.9 Å². The highest BCUT2D eigenvalue weighted by atomic mass is 79.9. The van der Waals surface area contributed by atoms with Crippen LogP contribution in [0.1, 0.15) is 25.3 Å². The molecule has 17 heavy (non-hydrogen) atoms. The second-order valence-electron chi connectivity index (χ2n) is 4.17. The summed E-state index contributed by atoms with van der Waals surface area (Å²) in [7, 11) is 0. The van der Waals surface area contributed by atoms with Gasteiger partial charge in [0.05, 0.1) is 6.61 Å². The fourth-order valence-electron chi connectivity index (χ4n) is 1.76. The summed E-state index contributed by atoms with van der Waals surface area (Å²) < 4.78 is 0.972. The Hall–Kier alpha value is -0.580. The first-order valence-electron chi connectivity index (χ1n) is 6.05. The summed E-state index contributed by atoms with van der Waals surface area (Å²) in [5, 5.41) is 9.06. The summed E-state index contributed by atoms with van der Waals surface area (Å²) in [6.45, 7) is 4.92. The molecule has 1 rings (SSSR count). The van der Waals surface area contributed by atoms with Gasteiger partial charge in [0.1, 0.15) is 0 Å². The summed E-state index contributed by atoms with van der Waals surface area (Å²) in [5.74, 6) is 0. The molecule has 0 aliphatic heterocycles. The summed E-state index contributed by atoms with van der Waals surface area (Å²) in [6.07, 6.45) is 2.32. The van der Waals surface area contributed by atoms with Gasteiger partial charge in [-0.3, -0.25) is 4.90 Å². The first-order chi connectivity index (χ1) is 8.19. The molecular weight excluding hydrogens is 280 g/mol. The van der Waals surface area contributed by atoms with Gasteiger partial charge in [0, 0.05) is 23.2 Å². The van der Waals surface area contributed by atoms with E-state index in [-0.39, 0.29) is 6.61 Å². The smallest absolute Gasteiger partial charge is 0.0558 e. The van der Waals surface area contributed by atoms with Crippen LogP contribution in [0.15, 0.2) is 22.7 Å². The Morgan fingerprint density at radius 2 is 2.12 bits per heavy atom. The molecule has 0 atom stereocenters. The summed E-state index contributed by atoms with van der Waals surface area (Å²) >= 11 is 3.51. The number of rotatable bonds is 7. The number of aliphatic hydroxyl groups excluding tert-OH is 1.